The van der Waals surface area contributed by atoms with Crippen LogP contribution in [0.25, 0.3) is 0 Å². The van der Waals surface area contributed by atoms with Crippen LogP contribution in [0, 0.1) is 5.92 Å². The molecule has 5 nitrogen and oxygen atoms in total. The van der Waals surface area contributed by atoms with Gasteiger partial charge in [0.25, 0.3) is 5.91 Å². The van der Waals surface area contributed by atoms with E-state index in [0.717, 1.165) is 38.9 Å². The molecule has 7 heteroatoms. The highest BCUT2D eigenvalue weighted by molar-refractivity contribution is 6.42. The van der Waals surface area contributed by atoms with Gasteiger partial charge in [-0.1, -0.05) is 43.0 Å². The summed E-state index contributed by atoms with van der Waals surface area (Å²) in [5, 5.41) is 0.837. The number of hydrogen-bond donors (Lipinski definition) is 0. The molecular weight excluding hydrogens is 409 g/mol. The molecule has 0 aromatic heterocycles. The average Bonchev–Trinajstić information content (AvgIpc) is 3.24. The van der Waals surface area contributed by atoms with Crippen molar-refractivity contribution in [3.8, 4) is 0 Å². The number of piperazine rings is 1. The number of rotatable bonds is 6. The molecule has 3 rings (SSSR count). The molecule has 0 bridgehead atoms. The lowest BCUT2D eigenvalue weighted by atomic mass is 9.94. The van der Waals surface area contributed by atoms with Gasteiger partial charge >= 0.3 is 0 Å². The van der Waals surface area contributed by atoms with Crippen molar-refractivity contribution in [2.75, 3.05) is 39.8 Å². The minimum Gasteiger partial charge on any atom is -0.344 e. The van der Waals surface area contributed by atoms with Crippen LogP contribution >= 0.6 is 23.2 Å². The standard InChI is InChI=1S/C22H31Cl2N3O2/c1-3-10-25(2)22(29)20(16-6-4-5-7-16)26-11-13-27(14-12-26)21(28)17-8-9-18(23)19(24)15-17/h8-9,15-16,20H,3-7,10-14H2,1-2H3/t20-/m0/s1. The van der Waals surface area contributed by atoms with Crippen LogP contribution in [-0.4, -0.2) is 72.3 Å². The van der Waals surface area contributed by atoms with Gasteiger partial charge in [-0.2, -0.15) is 0 Å². The van der Waals surface area contributed by atoms with E-state index in [2.05, 4.69) is 11.8 Å². The fraction of sp³-hybridized carbons (Fsp3) is 0.636. The molecule has 1 saturated heterocycles. The Morgan fingerprint density at radius 3 is 2.34 bits per heavy atom. The maximum absolute atomic E-state index is 13.2. The highest BCUT2D eigenvalue weighted by atomic mass is 35.5. The van der Waals surface area contributed by atoms with E-state index in [1.807, 2.05) is 16.8 Å². The number of benzene rings is 1. The summed E-state index contributed by atoms with van der Waals surface area (Å²) < 4.78 is 0. The van der Waals surface area contributed by atoms with Gasteiger partial charge in [-0.3, -0.25) is 14.5 Å². The van der Waals surface area contributed by atoms with Gasteiger partial charge in [0.2, 0.25) is 5.91 Å². The maximum atomic E-state index is 13.2. The average molecular weight is 440 g/mol. The van der Waals surface area contributed by atoms with Crippen molar-refractivity contribution < 1.29 is 9.59 Å². The van der Waals surface area contributed by atoms with E-state index < -0.39 is 0 Å². The molecule has 29 heavy (non-hydrogen) atoms. The van der Waals surface area contributed by atoms with Gasteiger partial charge in [-0.15, -0.1) is 0 Å². The Hall–Kier alpha value is -1.30. The van der Waals surface area contributed by atoms with Crippen molar-refractivity contribution in [3.05, 3.63) is 33.8 Å². The Morgan fingerprint density at radius 1 is 1.10 bits per heavy atom. The second kappa shape index (κ2) is 10.1. The topological polar surface area (TPSA) is 43.9 Å². The van der Waals surface area contributed by atoms with Crippen molar-refractivity contribution >= 4 is 35.0 Å². The van der Waals surface area contributed by atoms with Crippen LogP contribution in [0.3, 0.4) is 0 Å². The van der Waals surface area contributed by atoms with Crippen LogP contribution in [0.4, 0.5) is 0 Å². The van der Waals surface area contributed by atoms with Gasteiger partial charge < -0.3 is 9.80 Å². The normalized spacial score (nSPS) is 19.4. The van der Waals surface area contributed by atoms with Crippen molar-refractivity contribution in [1.82, 2.24) is 14.7 Å². The van der Waals surface area contributed by atoms with Crippen molar-refractivity contribution in [2.45, 2.75) is 45.1 Å². The Kier molecular flexibility index (Phi) is 7.83. The first-order chi connectivity index (χ1) is 13.9. The quantitative estimate of drug-likeness (QED) is 0.667. The van der Waals surface area contributed by atoms with E-state index in [1.54, 1.807) is 18.2 Å². The highest BCUT2D eigenvalue weighted by Crippen LogP contribution is 2.32. The SMILES string of the molecule is CCCN(C)C(=O)[C@H](C1CCCC1)N1CCN(C(=O)c2ccc(Cl)c(Cl)c2)CC1. The van der Waals surface area contributed by atoms with E-state index in [9.17, 15) is 9.59 Å². The lowest BCUT2D eigenvalue weighted by Gasteiger charge is -2.42. The zero-order chi connectivity index (χ0) is 21.0. The Labute approximate surface area is 183 Å². The fourth-order valence-electron chi connectivity index (χ4n) is 4.62. The second-order valence-corrected chi connectivity index (χ2v) is 9.02. The number of carbonyl (C=O) groups is 2. The number of amides is 2. The Morgan fingerprint density at radius 2 is 1.76 bits per heavy atom. The van der Waals surface area contributed by atoms with Gasteiger partial charge in [-0.05, 0) is 43.4 Å². The first-order valence-electron chi connectivity index (χ1n) is 10.7. The second-order valence-electron chi connectivity index (χ2n) is 8.21. The van der Waals surface area contributed by atoms with Gasteiger partial charge in [0.05, 0.1) is 16.1 Å². The molecule has 1 saturated carbocycles. The summed E-state index contributed by atoms with van der Waals surface area (Å²) in [6.45, 7) is 5.57. The monoisotopic (exact) mass is 439 g/mol. The molecule has 0 unspecified atom stereocenters. The third-order valence-corrected chi connectivity index (χ3v) is 6.94. The lowest BCUT2D eigenvalue weighted by Crippen LogP contribution is -2.58. The van der Waals surface area contributed by atoms with E-state index in [0.29, 0.717) is 34.6 Å². The van der Waals surface area contributed by atoms with E-state index >= 15 is 0 Å². The smallest absolute Gasteiger partial charge is 0.253 e. The van der Waals surface area contributed by atoms with Crippen LogP contribution in [0.15, 0.2) is 18.2 Å². The molecule has 2 amide bonds. The van der Waals surface area contributed by atoms with Crippen molar-refractivity contribution in [3.63, 3.8) is 0 Å². The number of halogens is 2. The number of nitrogens with zero attached hydrogens (tertiary/aromatic N) is 3. The number of carbonyl (C=O) groups excluding carboxylic acids is 2. The maximum Gasteiger partial charge on any atom is 0.253 e. The molecular formula is C22H31Cl2N3O2. The minimum absolute atomic E-state index is 0.0324. The van der Waals surface area contributed by atoms with Gasteiger partial charge in [-0.25, -0.2) is 0 Å². The zero-order valence-corrected chi connectivity index (χ0v) is 18.9. The molecule has 1 atom stereocenters. The summed E-state index contributed by atoms with van der Waals surface area (Å²) in [6, 6.07) is 4.94. The molecule has 1 aromatic carbocycles. The predicted octanol–water partition coefficient (Wildman–Crippen LogP) is 4.18. The molecule has 0 N–H and O–H groups in total. The highest BCUT2D eigenvalue weighted by Gasteiger charge is 2.38. The van der Waals surface area contributed by atoms with Crippen molar-refractivity contribution in [1.29, 1.82) is 0 Å². The first-order valence-corrected chi connectivity index (χ1v) is 11.4. The molecule has 1 aliphatic carbocycles. The Bertz CT molecular complexity index is 729. The molecule has 1 heterocycles. The molecule has 1 aliphatic heterocycles. The zero-order valence-electron chi connectivity index (χ0n) is 17.4. The lowest BCUT2D eigenvalue weighted by molar-refractivity contribution is -0.138. The van der Waals surface area contributed by atoms with E-state index in [4.69, 9.17) is 23.2 Å². The summed E-state index contributed by atoms with van der Waals surface area (Å²) >= 11 is 12.0. The molecule has 1 aromatic rings. The Balaban J connectivity index is 1.66. The fourth-order valence-corrected chi connectivity index (χ4v) is 4.91. The summed E-state index contributed by atoms with van der Waals surface area (Å²) in [5.41, 5.74) is 0.555. The van der Waals surface area contributed by atoms with E-state index in [-0.39, 0.29) is 17.9 Å². The summed E-state index contributed by atoms with van der Waals surface area (Å²) in [4.78, 5) is 32.1. The van der Waals surface area contributed by atoms with Crippen LogP contribution in [0.2, 0.25) is 10.0 Å². The van der Waals surface area contributed by atoms with E-state index in [1.165, 1.54) is 12.8 Å². The number of hydrogen-bond acceptors (Lipinski definition) is 3. The minimum atomic E-state index is -0.0590. The van der Waals surface area contributed by atoms with Gasteiger partial charge in [0.15, 0.2) is 0 Å². The largest absolute Gasteiger partial charge is 0.344 e. The molecule has 2 aliphatic rings. The summed E-state index contributed by atoms with van der Waals surface area (Å²) in [6.07, 6.45) is 5.63. The van der Waals surface area contributed by atoms with Gasteiger partial charge in [0.1, 0.15) is 0 Å². The van der Waals surface area contributed by atoms with Crippen LogP contribution in [-0.2, 0) is 4.79 Å². The summed E-state index contributed by atoms with van der Waals surface area (Å²) in [7, 11) is 1.91. The third-order valence-electron chi connectivity index (χ3n) is 6.20. The molecule has 0 spiro atoms. The first kappa shape index (κ1) is 22.4. The van der Waals surface area contributed by atoms with Crippen LogP contribution < -0.4 is 0 Å². The van der Waals surface area contributed by atoms with Crippen LogP contribution in [0.1, 0.15) is 49.4 Å². The van der Waals surface area contributed by atoms with Gasteiger partial charge in [0, 0.05) is 45.3 Å². The van der Waals surface area contributed by atoms with Crippen molar-refractivity contribution in [2.24, 2.45) is 5.92 Å². The molecule has 0 radical (unpaired) electrons. The summed E-state index contributed by atoms with van der Waals surface area (Å²) in [5.74, 6) is 0.636. The molecule has 2 fully saturated rings. The molecule has 160 valence electrons. The number of likely N-dealkylation sites (N-methyl/N-ethyl adjacent to an activating group) is 1. The predicted molar refractivity (Wildman–Crippen MR) is 118 cm³/mol. The third kappa shape index (κ3) is 5.25. The van der Waals surface area contributed by atoms with Crippen LogP contribution in [0.5, 0.6) is 0 Å².